The molecule has 8 heteroatoms. The van der Waals surface area contributed by atoms with Crippen molar-refractivity contribution in [2.75, 3.05) is 5.32 Å². The van der Waals surface area contributed by atoms with E-state index in [4.69, 9.17) is 23.2 Å². The van der Waals surface area contributed by atoms with Crippen molar-refractivity contribution in [2.24, 2.45) is 0 Å². The first-order chi connectivity index (χ1) is 12.8. The predicted octanol–water partition coefficient (Wildman–Crippen LogP) is 4.12. The fourth-order valence-corrected chi connectivity index (χ4v) is 2.75. The lowest BCUT2D eigenvalue weighted by Gasteiger charge is -2.15. The zero-order valence-corrected chi connectivity index (χ0v) is 16.1. The topological polar surface area (TPSA) is 76.9 Å². The molecule has 3 rings (SSSR count). The van der Waals surface area contributed by atoms with Crippen LogP contribution in [0, 0.1) is 6.92 Å². The molecule has 0 aliphatic rings. The number of anilines is 1. The van der Waals surface area contributed by atoms with E-state index in [1.165, 1.54) is 6.20 Å². The normalized spacial score (nSPS) is 11.9. The fourth-order valence-electron chi connectivity index (χ4n) is 2.45. The van der Waals surface area contributed by atoms with Crippen LogP contribution in [0.3, 0.4) is 0 Å². The van der Waals surface area contributed by atoms with Crippen LogP contribution >= 0.6 is 23.2 Å². The van der Waals surface area contributed by atoms with Gasteiger partial charge in [-0.1, -0.05) is 41.4 Å². The molecule has 0 radical (unpaired) electrons. The Labute approximate surface area is 165 Å². The van der Waals surface area contributed by atoms with E-state index in [1.54, 1.807) is 49.4 Å². The second-order valence-corrected chi connectivity index (χ2v) is 6.87. The molecule has 0 saturated heterocycles. The van der Waals surface area contributed by atoms with E-state index in [-0.39, 0.29) is 0 Å². The molecule has 1 N–H and O–H groups in total. The molecular weight excluding hydrogens is 387 g/mol. The van der Waals surface area contributed by atoms with E-state index in [2.05, 4.69) is 15.4 Å². The summed E-state index contributed by atoms with van der Waals surface area (Å²) in [6.07, 6.45) is 1.44. The zero-order valence-electron chi connectivity index (χ0n) is 14.6. The molecule has 0 spiro atoms. The summed E-state index contributed by atoms with van der Waals surface area (Å²) in [5.41, 5.74) is 1.94. The number of hydrogen-bond acceptors (Lipinski definition) is 4. The largest absolute Gasteiger partial charge is 0.365 e. The van der Waals surface area contributed by atoms with Gasteiger partial charge in [-0.05, 0) is 43.7 Å². The Hall–Kier alpha value is -2.70. The number of rotatable bonds is 4. The molecule has 0 unspecified atom stereocenters. The molecule has 2 aromatic carbocycles. The highest BCUT2D eigenvalue weighted by Gasteiger charge is 2.19. The van der Waals surface area contributed by atoms with Gasteiger partial charge in [0.1, 0.15) is 6.04 Å². The minimum Gasteiger partial charge on any atom is -0.324 e. The summed E-state index contributed by atoms with van der Waals surface area (Å²) in [4.78, 5) is 28.9. The standard InChI is InChI=1S/C19H16Cl2N4O2/c1-11-3-6-15(21)9-16(11)23-18(26)12(2)25-19(27)24-17(10-22-25)13-4-7-14(20)8-5-13/h3-10,12H,1-2H3,(H,23,26)/t12-/m0/s1. The fraction of sp³-hybridized carbons (Fsp3) is 0.158. The maximum absolute atomic E-state index is 12.5. The molecule has 1 atom stereocenters. The van der Waals surface area contributed by atoms with E-state index in [9.17, 15) is 9.59 Å². The summed E-state index contributed by atoms with van der Waals surface area (Å²) >= 11 is 11.8. The quantitative estimate of drug-likeness (QED) is 0.711. The van der Waals surface area contributed by atoms with Gasteiger partial charge >= 0.3 is 5.69 Å². The lowest BCUT2D eigenvalue weighted by atomic mass is 10.2. The molecule has 1 aromatic heterocycles. The van der Waals surface area contributed by atoms with Crippen molar-refractivity contribution in [1.29, 1.82) is 0 Å². The van der Waals surface area contributed by atoms with Crippen LogP contribution in [0.5, 0.6) is 0 Å². The number of hydrogen-bond donors (Lipinski definition) is 1. The van der Waals surface area contributed by atoms with Gasteiger partial charge in [0.05, 0.1) is 11.9 Å². The van der Waals surface area contributed by atoms with Crippen molar-refractivity contribution in [3.05, 3.63) is 74.8 Å². The maximum Gasteiger partial charge on any atom is 0.365 e. The lowest BCUT2D eigenvalue weighted by Crippen LogP contribution is -2.35. The number of halogens is 2. The van der Waals surface area contributed by atoms with E-state index in [1.807, 2.05) is 6.92 Å². The molecule has 3 aromatic rings. The van der Waals surface area contributed by atoms with Gasteiger partial charge in [-0.15, -0.1) is 0 Å². The molecule has 0 fully saturated rings. The number of carbonyl (C=O) groups excluding carboxylic acids is 1. The number of nitrogens with one attached hydrogen (secondary N) is 1. The lowest BCUT2D eigenvalue weighted by molar-refractivity contribution is -0.119. The van der Waals surface area contributed by atoms with Crippen LogP contribution in [0.2, 0.25) is 10.0 Å². The molecule has 138 valence electrons. The van der Waals surface area contributed by atoms with Crippen LogP contribution in [0.25, 0.3) is 11.3 Å². The minimum absolute atomic E-state index is 0.393. The first-order valence-corrected chi connectivity index (χ1v) is 8.89. The number of amides is 1. The van der Waals surface area contributed by atoms with Gasteiger partial charge in [0, 0.05) is 21.3 Å². The highest BCUT2D eigenvalue weighted by Crippen LogP contribution is 2.21. The van der Waals surface area contributed by atoms with Gasteiger partial charge in [-0.3, -0.25) is 4.79 Å². The average Bonchev–Trinajstić information content (AvgIpc) is 2.64. The Kier molecular flexibility index (Phi) is 5.58. The van der Waals surface area contributed by atoms with E-state index in [0.717, 1.165) is 10.2 Å². The summed E-state index contributed by atoms with van der Waals surface area (Å²) in [6, 6.07) is 11.2. The Bertz CT molecular complexity index is 1050. The molecule has 0 bridgehead atoms. The number of nitrogens with zero attached hydrogens (tertiary/aromatic N) is 3. The van der Waals surface area contributed by atoms with Gasteiger partial charge < -0.3 is 5.32 Å². The highest BCUT2D eigenvalue weighted by molar-refractivity contribution is 6.31. The van der Waals surface area contributed by atoms with Crippen molar-refractivity contribution in [3.63, 3.8) is 0 Å². The molecule has 0 aliphatic heterocycles. The number of aromatic nitrogens is 3. The highest BCUT2D eigenvalue weighted by atomic mass is 35.5. The summed E-state index contributed by atoms with van der Waals surface area (Å²) in [5, 5.41) is 7.96. The first kappa shape index (κ1) is 19.1. The van der Waals surface area contributed by atoms with Crippen LogP contribution in [0.15, 0.2) is 53.5 Å². The summed E-state index contributed by atoms with van der Waals surface area (Å²) in [5.74, 6) is -0.393. The predicted molar refractivity (Wildman–Crippen MR) is 106 cm³/mol. The van der Waals surface area contributed by atoms with Crippen LogP contribution < -0.4 is 11.0 Å². The van der Waals surface area contributed by atoms with Gasteiger partial charge in [-0.25, -0.2) is 9.48 Å². The van der Waals surface area contributed by atoms with Crippen LogP contribution in [0.4, 0.5) is 5.69 Å². The number of carbonyl (C=O) groups is 1. The van der Waals surface area contributed by atoms with Crippen molar-refractivity contribution < 1.29 is 4.79 Å². The summed E-state index contributed by atoms with van der Waals surface area (Å²) in [6.45, 7) is 3.43. The van der Waals surface area contributed by atoms with Crippen molar-refractivity contribution >= 4 is 34.8 Å². The summed E-state index contributed by atoms with van der Waals surface area (Å²) < 4.78 is 1.04. The Morgan fingerprint density at radius 2 is 1.78 bits per heavy atom. The second kappa shape index (κ2) is 7.90. The monoisotopic (exact) mass is 402 g/mol. The number of benzene rings is 2. The smallest absolute Gasteiger partial charge is 0.324 e. The molecular formula is C19H16Cl2N4O2. The zero-order chi connectivity index (χ0) is 19.6. The van der Waals surface area contributed by atoms with E-state index < -0.39 is 17.6 Å². The molecule has 27 heavy (non-hydrogen) atoms. The van der Waals surface area contributed by atoms with Crippen LogP contribution in [-0.4, -0.2) is 20.7 Å². The van der Waals surface area contributed by atoms with Gasteiger partial charge in [0.2, 0.25) is 5.91 Å². The molecule has 1 amide bonds. The van der Waals surface area contributed by atoms with E-state index in [0.29, 0.717) is 27.0 Å². The Balaban J connectivity index is 1.83. The van der Waals surface area contributed by atoms with E-state index >= 15 is 0 Å². The van der Waals surface area contributed by atoms with Gasteiger partial charge in [-0.2, -0.15) is 10.1 Å². The van der Waals surface area contributed by atoms with Crippen molar-refractivity contribution in [2.45, 2.75) is 19.9 Å². The third-order valence-electron chi connectivity index (χ3n) is 4.06. The molecule has 0 saturated carbocycles. The van der Waals surface area contributed by atoms with Crippen molar-refractivity contribution in [3.8, 4) is 11.3 Å². The van der Waals surface area contributed by atoms with Gasteiger partial charge in [0.25, 0.3) is 0 Å². The Morgan fingerprint density at radius 3 is 2.44 bits per heavy atom. The second-order valence-electron chi connectivity index (χ2n) is 6.00. The van der Waals surface area contributed by atoms with Crippen LogP contribution in [-0.2, 0) is 4.79 Å². The molecule has 6 nitrogen and oxygen atoms in total. The summed E-state index contributed by atoms with van der Waals surface area (Å²) in [7, 11) is 0. The van der Waals surface area contributed by atoms with Gasteiger partial charge in [0.15, 0.2) is 0 Å². The molecule has 0 aliphatic carbocycles. The Morgan fingerprint density at radius 1 is 1.11 bits per heavy atom. The maximum atomic E-state index is 12.5. The van der Waals surface area contributed by atoms with Crippen LogP contribution in [0.1, 0.15) is 18.5 Å². The SMILES string of the molecule is Cc1ccc(Cl)cc1NC(=O)[C@H](C)n1ncc(-c2ccc(Cl)cc2)nc1=O. The minimum atomic E-state index is -0.845. The molecule has 1 heterocycles. The number of aryl methyl sites for hydroxylation is 1. The first-order valence-electron chi connectivity index (χ1n) is 8.14. The third-order valence-corrected chi connectivity index (χ3v) is 4.55. The third kappa shape index (κ3) is 4.35. The average molecular weight is 403 g/mol. The van der Waals surface area contributed by atoms with Crippen molar-refractivity contribution in [1.82, 2.24) is 14.8 Å².